The highest BCUT2D eigenvalue weighted by Crippen LogP contribution is 2.41. The molecule has 1 unspecified atom stereocenters. The SMILES string of the molecule is COc1cc(N)c(C(CN2CCCCC2CC2CC2)(OC)OC)cc1OC. The van der Waals surface area contributed by atoms with E-state index in [-0.39, 0.29) is 0 Å². The molecule has 2 fully saturated rings. The van der Waals surface area contributed by atoms with E-state index in [9.17, 15) is 0 Å². The highest BCUT2D eigenvalue weighted by molar-refractivity contribution is 5.59. The molecule has 0 amide bonds. The van der Waals surface area contributed by atoms with Gasteiger partial charge in [-0.2, -0.15) is 0 Å². The van der Waals surface area contributed by atoms with E-state index in [1.807, 2.05) is 6.07 Å². The van der Waals surface area contributed by atoms with Crippen molar-refractivity contribution in [3.63, 3.8) is 0 Å². The Bertz CT molecular complexity index is 629. The molecule has 1 aromatic carbocycles. The second kappa shape index (κ2) is 8.67. The number of benzene rings is 1. The summed E-state index contributed by atoms with van der Waals surface area (Å²) in [6.07, 6.45) is 7.82. The molecule has 1 aliphatic carbocycles. The minimum absolute atomic E-state index is 0.576. The van der Waals surface area contributed by atoms with Gasteiger partial charge in [0.05, 0.1) is 20.8 Å². The zero-order chi connectivity index (χ0) is 19.4. The number of hydrogen-bond donors (Lipinski definition) is 1. The van der Waals surface area contributed by atoms with Gasteiger partial charge in [-0.05, 0) is 37.8 Å². The smallest absolute Gasteiger partial charge is 0.209 e. The molecule has 2 N–H and O–H groups in total. The molecule has 6 heteroatoms. The zero-order valence-corrected chi connectivity index (χ0v) is 17.1. The quantitative estimate of drug-likeness (QED) is 0.525. The molecule has 152 valence electrons. The third-order valence-corrected chi connectivity index (χ3v) is 6.09. The lowest BCUT2D eigenvalue weighted by atomic mass is 9.94. The summed E-state index contributed by atoms with van der Waals surface area (Å²) in [5, 5.41) is 0. The molecular formula is C21H34N2O4. The number of ether oxygens (including phenoxy) is 4. The van der Waals surface area contributed by atoms with Gasteiger partial charge in [-0.15, -0.1) is 0 Å². The number of anilines is 1. The van der Waals surface area contributed by atoms with Crippen LogP contribution in [0.25, 0.3) is 0 Å². The van der Waals surface area contributed by atoms with Gasteiger partial charge in [0.1, 0.15) is 0 Å². The van der Waals surface area contributed by atoms with E-state index >= 15 is 0 Å². The van der Waals surface area contributed by atoms with Gasteiger partial charge in [0.2, 0.25) is 5.79 Å². The van der Waals surface area contributed by atoms with Crippen molar-refractivity contribution in [3.05, 3.63) is 17.7 Å². The van der Waals surface area contributed by atoms with E-state index in [1.54, 1.807) is 34.5 Å². The van der Waals surface area contributed by atoms with Crippen LogP contribution in [-0.2, 0) is 15.3 Å². The van der Waals surface area contributed by atoms with Gasteiger partial charge in [0, 0.05) is 37.6 Å². The first-order valence-electron chi connectivity index (χ1n) is 9.93. The first-order chi connectivity index (χ1) is 13.1. The van der Waals surface area contributed by atoms with E-state index in [2.05, 4.69) is 4.90 Å². The highest BCUT2D eigenvalue weighted by Gasteiger charge is 2.40. The number of nitrogen functional groups attached to an aromatic ring is 1. The van der Waals surface area contributed by atoms with E-state index in [0.29, 0.717) is 29.8 Å². The highest BCUT2D eigenvalue weighted by atomic mass is 16.7. The van der Waals surface area contributed by atoms with Crippen molar-refractivity contribution in [2.45, 2.75) is 50.4 Å². The Morgan fingerprint density at radius 3 is 2.26 bits per heavy atom. The standard InChI is InChI=1S/C21H34N2O4/c1-24-19-12-17(18(22)13-20(19)25-2)21(26-3,27-4)14-23-10-6-5-7-16(23)11-15-8-9-15/h12-13,15-16H,5-11,14,22H2,1-4H3. The second-order valence-electron chi connectivity index (χ2n) is 7.75. The van der Waals surface area contributed by atoms with Gasteiger partial charge in [0.15, 0.2) is 11.5 Å². The molecule has 0 bridgehead atoms. The number of methoxy groups -OCH3 is 4. The largest absolute Gasteiger partial charge is 0.493 e. The molecule has 1 aromatic rings. The third kappa shape index (κ3) is 4.33. The molecule has 1 saturated carbocycles. The van der Waals surface area contributed by atoms with Crippen molar-refractivity contribution in [2.24, 2.45) is 5.92 Å². The average Bonchev–Trinajstić information content (AvgIpc) is 3.51. The lowest BCUT2D eigenvalue weighted by Gasteiger charge is -2.42. The number of piperidine rings is 1. The average molecular weight is 379 g/mol. The maximum Gasteiger partial charge on any atom is 0.209 e. The Morgan fingerprint density at radius 2 is 1.67 bits per heavy atom. The van der Waals surface area contributed by atoms with Crippen LogP contribution in [0.2, 0.25) is 0 Å². The van der Waals surface area contributed by atoms with Gasteiger partial charge in [-0.25, -0.2) is 0 Å². The predicted molar refractivity (Wildman–Crippen MR) is 106 cm³/mol. The van der Waals surface area contributed by atoms with Gasteiger partial charge in [-0.1, -0.05) is 19.3 Å². The molecule has 1 aliphatic heterocycles. The number of rotatable bonds is 9. The van der Waals surface area contributed by atoms with Crippen LogP contribution in [0.15, 0.2) is 12.1 Å². The fourth-order valence-electron chi connectivity index (χ4n) is 4.28. The van der Waals surface area contributed by atoms with Crippen molar-refractivity contribution < 1.29 is 18.9 Å². The number of likely N-dealkylation sites (tertiary alicyclic amines) is 1. The maximum absolute atomic E-state index is 6.37. The number of hydrogen-bond acceptors (Lipinski definition) is 6. The second-order valence-corrected chi connectivity index (χ2v) is 7.75. The summed E-state index contributed by atoms with van der Waals surface area (Å²) in [6, 6.07) is 4.25. The molecule has 2 aliphatic rings. The van der Waals surface area contributed by atoms with E-state index < -0.39 is 5.79 Å². The van der Waals surface area contributed by atoms with Crippen molar-refractivity contribution in [1.82, 2.24) is 4.90 Å². The minimum atomic E-state index is -0.942. The van der Waals surface area contributed by atoms with Crippen molar-refractivity contribution >= 4 is 5.69 Å². The van der Waals surface area contributed by atoms with Gasteiger partial charge < -0.3 is 24.7 Å². The summed E-state index contributed by atoms with van der Waals surface area (Å²) < 4.78 is 22.8. The molecule has 1 atom stereocenters. The molecular weight excluding hydrogens is 344 g/mol. The van der Waals surface area contributed by atoms with Crippen molar-refractivity contribution in [1.29, 1.82) is 0 Å². The normalized spacial score (nSPS) is 21.3. The van der Waals surface area contributed by atoms with Crippen LogP contribution >= 0.6 is 0 Å². The molecule has 1 saturated heterocycles. The van der Waals surface area contributed by atoms with Crippen molar-refractivity contribution in [3.8, 4) is 11.5 Å². The monoisotopic (exact) mass is 378 g/mol. The fraction of sp³-hybridized carbons (Fsp3) is 0.714. The fourth-order valence-corrected chi connectivity index (χ4v) is 4.28. The summed E-state index contributed by atoms with van der Waals surface area (Å²) >= 11 is 0. The molecule has 27 heavy (non-hydrogen) atoms. The molecule has 0 spiro atoms. The summed E-state index contributed by atoms with van der Waals surface area (Å²) in [6.45, 7) is 1.72. The Hall–Kier alpha value is -1.50. The van der Waals surface area contributed by atoms with Crippen LogP contribution in [0.5, 0.6) is 11.5 Å². The summed E-state index contributed by atoms with van der Waals surface area (Å²) in [5.74, 6) is 1.18. The van der Waals surface area contributed by atoms with Gasteiger partial charge in [-0.3, -0.25) is 4.90 Å². The maximum atomic E-state index is 6.37. The first kappa shape index (κ1) is 20.2. The topological polar surface area (TPSA) is 66.2 Å². The Kier molecular flexibility index (Phi) is 6.50. The Balaban J connectivity index is 1.90. The summed E-state index contributed by atoms with van der Waals surface area (Å²) in [4.78, 5) is 2.53. The van der Waals surface area contributed by atoms with Crippen LogP contribution in [0.1, 0.15) is 44.1 Å². The third-order valence-electron chi connectivity index (χ3n) is 6.09. The summed E-state index contributed by atoms with van der Waals surface area (Å²) in [5.41, 5.74) is 7.73. The molecule has 1 heterocycles. The zero-order valence-electron chi connectivity index (χ0n) is 17.1. The summed E-state index contributed by atoms with van der Waals surface area (Å²) in [7, 11) is 6.58. The van der Waals surface area contributed by atoms with Gasteiger partial charge >= 0.3 is 0 Å². The van der Waals surface area contributed by atoms with Crippen LogP contribution in [0.3, 0.4) is 0 Å². The Labute approximate surface area is 162 Å². The minimum Gasteiger partial charge on any atom is -0.493 e. The number of nitrogens with two attached hydrogens (primary N) is 1. The molecule has 0 radical (unpaired) electrons. The van der Waals surface area contributed by atoms with E-state index in [4.69, 9.17) is 24.7 Å². The lowest BCUT2D eigenvalue weighted by Crippen LogP contribution is -2.50. The van der Waals surface area contributed by atoms with E-state index in [1.165, 1.54) is 38.5 Å². The lowest BCUT2D eigenvalue weighted by molar-refractivity contribution is -0.229. The predicted octanol–water partition coefficient (Wildman–Crippen LogP) is 3.39. The first-order valence-corrected chi connectivity index (χ1v) is 9.93. The number of nitrogens with zero attached hydrogens (tertiary/aromatic N) is 1. The van der Waals surface area contributed by atoms with Crippen LogP contribution < -0.4 is 15.2 Å². The van der Waals surface area contributed by atoms with Crippen LogP contribution in [0.4, 0.5) is 5.69 Å². The van der Waals surface area contributed by atoms with Crippen molar-refractivity contribution in [2.75, 3.05) is 47.3 Å². The molecule has 0 aromatic heterocycles. The Morgan fingerprint density at radius 1 is 1.00 bits per heavy atom. The van der Waals surface area contributed by atoms with Gasteiger partial charge in [0.25, 0.3) is 0 Å². The molecule has 6 nitrogen and oxygen atoms in total. The molecule has 3 rings (SSSR count). The van der Waals surface area contributed by atoms with Crippen LogP contribution in [-0.4, -0.2) is 52.5 Å². The van der Waals surface area contributed by atoms with Crippen LogP contribution in [0, 0.1) is 5.92 Å². The van der Waals surface area contributed by atoms with E-state index in [0.717, 1.165) is 18.0 Å².